The van der Waals surface area contributed by atoms with Gasteiger partial charge < -0.3 is 5.32 Å². The van der Waals surface area contributed by atoms with Crippen LogP contribution in [0.25, 0.3) is 0 Å². The molecule has 1 saturated carbocycles. The lowest BCUT2D eigenvalue weighted by molar-refractivity contribution is -0.116. The van der Waals surface area contributed by atoms with Crippen molar-refractivity contribution in [2.45, 2.75) is 39.5 Å². The first-order chi connectivity index (χ1) is 6.16. The highest BCUT2D eigenvalue weighted by Crippen LogP contribution is 2.36. The molecule has 0 heterocycles. The number of nitrogens with one attached hydrogen (secondary N) is 1. The highest BCUT2D eigenvalue weighted by Gasteiger charge is 2.28. The number of rotatable bonds is 2. The summed E-state index contributed by atoms with van der Waals surface area (Å²) in [5.41, 5.74) is 0.324. The number of hydrogen-bond donors (Lipinski definition) is 1. The monoisotopic (exact) mass is 179 g/mol. The van der Waals surface area contributed by atoms with E-state index in [9.17, 15) is 4.79 Å². The average Bonchev–Trinajstić information content (AvgIpc) is 2.51. The zero-order chi connectivity index (χ0) is 9.73. The molecule has 1 amide bonds. The first kappa shape index (κ1) is 10.1. The molecule has 0 aromatic rings. The van der Waals surface area contributed by atoms with Crippen molar-refractivity contribution in [1.29, 1.82) is 0 Å². The summed E-state index contributed by atoms with van der Waals surface area (Å²) in [5.74, 6) is 4.94. The van der Waals surface area contributed by atoms with E-state index in [4.69, 9.17) is 0 Å². The van der Waals surface area contributed by atoms with Gasteiger partial charge in [0.1, 0.15) is 0 Å². The van der Waals surface area contributed by atoms with Gasteiger partial charge in [-0.15, -0.1) is 0 Å². The van der Waals surface area contributed by atoms with Crippen molar-refractivity contribution in [3.8, 4) is 11.8 Å². The van der Waals surface area contributed by atoms with E-state index < -0.39 is 0 Å². The lowest BCUT2D eigenvalue weighted by Gasteiger charge is -2.22. The largest absolute Gasteiger partial charge is 0.345 e. The average molecular weight is 179 g/mol. The molecule has 1 fully saturated rings. The Morgan fingerprint density at radius 3 is 2.62 bits per heavy atom. The van der Waals surface area contributed by atoms with Gasteiger partial charge in [0, 0.05) is 6.54 Å². The second-order valence-corrected chi connectivity index (χ2v) is 4.08. The summed E-state index contributed by atoms with van der Waals surface area (Å²) in [7, 11) is 0. The Hall–Kier alpha value is -0.970. The smallest absolute Gasteiger partial charge is 0.295 e. The molecule has 0 saturated heterocycles. The van der Waals surface area contributed by atoms with E-state index in [1.807, 2.05) is 0 Å². The van der Waals surface area contributed by atoms with Gasteiger partial charge in [-0.3, -0.25) is 4.79 Å². The summed E-state index contributed by atoms with van der Waals surface area (Å²) in [4.78, 5) is 11.1. The van der Waals surface area contributed by atoms with E-state index in [1.54, 1.807) is 6.92 Å². The summed E-state index contributed by atoms with van der Waals surface area (Å²) in [6, 6.07) is 0. The standard InChI is InChI=1S/C11H17NO/c1-3-6-10(13)12-9-11(2)7-4-5-8-11/h4-5,7-9H2,1-2H3,(H,12,13). The van der Waals surface area contributed by atoms with E-state index in [0.29, 0.717) is 5.41 Å². The van der Waals surface area contributed by atoms with Crippen LogP contribution in [-0.4, -0.2) is 12.5 Å². The fourth-order valence-electron chi connectivity index (χ4n) is 1.86. The van der Waals surface area contributed by atoms with Gasteiger partial charge in [0.05, 0.1) is 0 Å². The molecule has 0 unspecified atom stereocenters. The quantitative estimate of drug-likeness (QED) is 0.642. The lowest BCUT2D eigenvalue weighted by atomic mass is 9.89. The van der Waals surface area contributed by atoms with Crippen molar-refractivity contribution in [2.24, 2.45) is 5.41 Å². The third kappa shape index (κ3) is 3.10. The van der Waals surface area contributed by atoms with Crippen LogP contribution in [0.4, 0.5) is 0 Å². The summed E-state index contributed by atoms with van der Waals surface area (Å²) < 4.78 is 0. The van der Waals surface area contributed by atoms with Crippen LogP contribution in [0.5, 0.6) is 0 Å². The Labute approximate surface area is 80.1 Å². The van der Waals surface area contributed by atoms with Gasteiger partial charge in [0.25, 0.3) is 5.91 Å². The maximum absolute atomic E-state index is 11.1. The van der Waals surface area contributed by atoms with E-state index >= 15 is 0 Å². The van der Waals surface area contributed by atoms with Crippen molar-refractivity contribution in [2.75, 3.05) is 6.54 Å². The van der Waals surface area contributed by atoms with Crippen LogP contribution in [0.2, 0.25) is 0 Å². The molecule has 0 radical (unpaired) electrons. The molecular formula is C11H17NO. The van der Waals surface area contributed by atoms with Crippen LogP contribution >= 0.6 is 0 Å². The second-order valence-electron chi connectivity index (χ2n) is 4.08. The van der Waals surface area contributed by atoms with E-state index in [1.165, 1.54) is 25.7 Å². The summed E-state index contributed by atoms with van der Waals surface area (Å²) >= 11 is 0. The minimum Gasteiger partial charge on any atom is -0.345 e. The highest BCUT2D eigenvalue weighted by atomic mass is 16.1. The fraction of sp³-hybridized carbons (Fsp3) is 0.727. The Balaban J connectivity index is 2.31. The predicted molar refractivity (Wildman–Crippen MR) is 53.0 cm³/mol. The molecule has 13 heavy (non-hydrogen) atoms. The van der Waals surface area contributed by atoms with E-state index in [-0.39, 0.29) is 5.91 Å². The second kappa shape index (κ2) is 4.32. The molecule has 2 heteroatoms. The molecule has 0 aliphatic heterocycles. The van der Waals surface area contributed by atoms with Crippen LogP contribution in [0, 0.1) is 17.3 Å². The number of carbonyl (C=O) groups excluding carboxylic acids is 1. The van der Waals surface area contributed by atoms with Crippen molar-refractivity contribution in [1.82, 2.24) is 5.32 Å². The van der Waals surface area contributed by atoms with Crippen molar-refractivity contribution in [3.63, 3.8) is 0 Å². The van der Waals surface area contributed by atoms with Gasteiger partial charge in [0.15, 0.2) is 0 Å². The molecule has 72 valence electrons. The van der Waals surface area contributed by atoms with Crippen LogP contribution in [0.1, 0.15) is 39.5 Å². The Kier molecular flexibility index (Phi) is 3.36. The van der Waals surface area contributed by atoms with Gasteiger partial charge in [-0.2, -0.15) is 0 Å². The van der Waals surface area contributed by atoms with Gasteiger partial charge in [-0.25, -0.2) is 0 Å². The maximum Gasteiger partial charge on any atom is 0.295 e. The molecule has 1 rings (SSSR count). The molecule has 0 spiro atoms. The summed E-state index contributed by atoms with van der Waals surface area (Å²) in [6.45, 7) is 4.69. The molecular weight excluding hydrogens is 162 g/mol. The number of amides is 1. The first-order valence-corrected chi connectivity index (χ1v) is 4.87. The first-order valence-electron chi connectivity index (χ1n) is 4.87. The van der Waals surface area contributed by atoms with Crippen molar-refractivity contribution in [3.05, 3.63) is 0 Å². The molecule has 1 N–H and O–H groups in total. The van der Waals surface area contributed by atoms with Crippen LogP contribution in [0.3, 0.4) is 0 Å². The molecule has 0 aromatic heterocycles. The Morgan fingerprint density at radius 2 is 2.08 bits per heavy atom. The summed E-state index contributed by atoms with van der Waals surface area (Å²) in [6.07, 6.45) is 5.05. The SMILES string of the molecule is CC#CC(=O)NCC1(C)CCCC1. The molecule has 1 aliphatic rings. The minimum atomic E-state index is -0.143. The normalized spacial score (nSPS) is 18.9. The fourth-order valence-corrected chi connectivity index (χ4v) is 1.86. The zero-order valence-electron chi connectivity index (χ0n) is 8.44. The molecule has 1 aliphatic carbocycles. The summed E-state index contributed by atoms with van der Waals surface area (Å²) in [5, 5.41) is 2.85. The van der Waals surface area contributed by atoms with Crippen LogP contribution in [0.15, 0.2) is 0 Å². The van der Waals surface area contributed by atoms with Crippen LogP contribution in [-0.2, 0) is 4.79 Å². The number of hydrogen-bond acceptors (Lipinski definition) is 1. The lowest BCUT2D eigenvalue weighted by Crippen LogP contribution is -2.33. The third-order valence-electron chi connectivity index (χ3n) is 2.72. The Bertz CT molecular complexity index is 241. The van der Waals surface area contributed by atoms with Crippen LogP contribution < -0.4 is 5.32 Å². The number of carbonyl (C=O) groups is 1. The van der Waals surface area contributed by atoms with Crippen molar-refractivity contribution < 1.29 is 4.79 Å². The topological polar surface area (TPSA) is 29.1 Å². The van der Waals surface area contributed by atoms with Gasteiger partial charge in [-0.1, -0.05) is 25.7 Å². The minimum absolute atomic E-state index is 0.143. The molecule has 0 aromatic carbocycles. The molecule has 0 atom stereocenters. The van der Waals surface area contributed by atoms with Gasteiger partial charge >= 0.3 is 0 Å². The Morgan fingerprint density at radius 1 is 1.46 bits per heavy atom. The van der Waals surface area contributed by atoms with E-state index in [2.05, 4.69) is 24.1 Å². The van der Waals surface area contributed by atoms with Gasteiger partial charge in [-0.05, 0) is 31.1 Å². The predicted octanol–water partition coefficient (Wildman–Crippen LogP) is 1.71. The van der Waals surface area contributed by atoms with E-state index in [0.717, 1.165) is 6.54 Å². The van der Waals surface area contributed by atoms with Gasteiger partial charge in [0.2, 0.25) is 0 Å². The highest BCUT2D eigenvalue weighted by molar-refractivity contribution is 5.93. The maximum atomic E-state index is 11.1. The molecule has 0 bridgehead atoms. The zero-order valence-corrected chi connectivity index (χ0v) is 8.44. The third-order valence-corrected chi connectivity index (χ3v) is 2.72. The van der Waals surface area contributed by atoms with Crippen molar-refractivity contribution >= 4 is 5.91 Å². The molecule has 2 nitrogen and oxygen atoms in total.